The number of hydrogen-bond acceptors (Lipinski definition) is 3. The predicted octanol–water partition coefficient (Wildman–Crippen LogP) is 1.25. The third kappa shape index (κ3) is 4.75. The first-order chi connectivity index (χ1) is 13.9. The first-order valence-corrected chi connectivity index (χ1v) is 9.36. The van der Waals surface area contributed by atoms with Crippen LogP contribution >= 0.6 is 0 Å². The topological polar surface area (TPSA) is 68.4 Å². The molecule has 0 saturated heterocycles. The fourth-order valence-corrected chi connectivity index (χ4v) is 3.11. The van der Waals surface area contributed by atoms with Gasteiger partial charge in [0.2, 0.25) is 5.43 Å². The maximum absolute atomic E-state index is 14.2. The lowest BCUT2D eigenvalue weighted by Gasteiger charge is -2.14. The Bertz CT molecular complexity index is 1090. The Hall–Kier alpha value is -3.32. The van der Waals surface area contributed by atoms with Gasteiger partial charge in [0, 0.05) is 23.9 Å². The van der Waals surface area contributed by atoms with Crippen LogP contribution in [0.5, 0.6) is 0 Å². The molecular formula is C22H24FN4O2+. The summed E-state index contributed by atoms with van der Waals surface area (Å²) >= 11 is 0. The van der Waals surface area contributed by atoms with E-state index in [1.165, 1.54) is 21.7 Å². The quantitative estimate of drug-likeness (QED) is 0.660. The lowest BCUT2D eigenvalue weighted by molar-refractivity contribution is -0.872. The molecule has 2 aromatic carbocycles. The van der Waals surface area contributed by atoms with Gasteiger partial charge in [0.15, 0.2) is 5.69 Å². The van der Waals surface area contributed by atoms with Crippen molar-refractivity contribution in [1.82, 2.24) is 15.1 Å². The first-order valence-electron chi connectivity index (χ1n) is 9.36. The molecule has 0 saturated carbocycles. The van der Waals surface area contributed by atoms with Gasteiger partial charge in [-0.2, -0.15) is 5.10 Å². The van der Waals surface area contributed by atoms with Gasteiger partial charge in [-0.1, -0.05) is 36.4 Å². The summed E-state index contributed by atoms with van der Waals surface area (Å²) in [5.74, 6) is -1.08. The standard InChI is InChI=1S/C22H23FN4O2/c1-15-12-20(28)21(25-27(15)19-11-7-6-10-18(19)23)22(29)24-13-16-8-4-5-9-17(16)14-26(2)3/h4-12H,13-14H2,1-3H3,(H,24,29)/p+1. The average molecular weight is 395 g/mol. The molecule has 0 aliphatic heterocycles. The number of quaternary nitrogens is 1. The van der Waals surface area contributed by atoms with E-state index in [1.54, 1.807) is 25.1 Å². The Morgan fingerprint density at radius 2 is 1.76 bits per heavy atom. The summed E-state index contributed by atoms with van der Waals surface area (Å²) in [6.07, 6.45) is 0. The second-order valence-electron chi connectivity index (χ2n) is 7.20. The normalized spacial score (nSPS) is 10.9. The molecule has 150 valence electrons. The molecule has 0 aliphatic rings. The maximum atomic E-state index is 14.2. The Morgan fingerprint density at radius 3 is 2.45 bits per heavy atom. The van der Waals surface area contributed by atoms with E-state index in [2.05, 4.69) is 24.5 Å². The number of hydrogen-bond donors (Lipinski definition) is 2. The van der Waals surface area contributed by atoms with Gasteiger partial charge in [0.05, 0.1) is 14.1 Å². The second kappa shape index (κ2) is 8.79. The molecule has 3 rings (SSSR count). The van der Waals surface area contributed by atoms with Gasteiger partial charge in [0.1, 0.15) is 18.0 Å². The number of carbonyl (C=O) groups excluding carboxylic acids is 1. The van der Waals surface area contributed by atoms with E-state index in [4.69, 9.17) is 0 Å². The highest BCUT2D eigenvalue weighted by molar-refractivity contribution is 5.92. The van der Waals surface area contributed by atoms with Crippen molar-refractivity contribution in [2.24, 2.45) is 0 Å². The highest BCUT2D eigenvalue weighted by atomic mass is 19.1. The molecule has 7 heteroatoms. The first kappa shape index (κ1) is 20.4. The zero-order valence-corrected chi connectivity index (χ0v) is 16.7. The van der Waals surface area contributed by atoms with Crippen LogP contribution < -0.4 is 15.6 Å². The molecule has 1 aromatic heterocycles. The summed E-state index contributed by atoms with van der Waals surface area (Å²) < 4.78 is 15.4. The van der Waals surface area contributed by atoms with Crippen LogP contribution in [0.2, 0.25) is 0 Å². The van der Waals surface area contributed by atoms with Crippen molar-refractivity contribution >= 4 is 5.91 Å². The second-order valence-corrected chi connectivity index (χ2v) is 7.20. The highest BCUT2D eigenvalue weighted by Gasteiger charge is 2.17. The van der Waals surface area contributed by atoms with Crippen LogP contribution in [0.3, 0.4) is 0 Å². The number of rotatable bonds is 6. The Kier molecular flexibility index (Phi) is 6.19. The van der Waals surface area contributed by atoms with E-state index < -0.39 is 17.2 Å². The van der Waals surface area contributed by atoms with Crippen LogP contribution in [0.4, 0.5) is 4.39 Å². The number of amides is 1. The molecule has 0 bridgehead atoms. The minimum atomic E-state index is -0.591. The molecule has 2 N–H and O–H groups in total. The number of benzene rings is 2. The van der Waals surface area contributed by atoms with Gasteiger partial charge in [-0.3, -0.25) is 9.59 Å². The highest BCUT2D eigenvalue weighted by Crippen LogP contribution is 2.13. The van der Waals surface area contributed by atoms with Crippen molar-refractivity contribution in [2.75, 3.05) is 14.1 Å². The SMILES string of the molecule is Cc1cc(=O)c(C(=O)NCc2ccccc2C[NH+](C)C)nn1-c1ccccc1F. The maximum Gasteiger partial charge on any atom is 0.276 e. The Morgan fingerprint density at radius 1 is 1.10 bits per heavy atom. The van der Waals surface area contributed by atoms with E-state index in [9.17, 15) is 14.0 Å². The van der Waals surface area contributed by atoms with Crippen LogP contribution in [0, 0.1) is 12.7 Å². The van der Waals surface area contributed by atoms with Gasteiger partial charge in [-0.15, -0.1) is 0 Å². The van der Waals surface area contributed by atoms with Crippen molar-refractivity contribution in [3.8, 4) is 5.69 Å². The summed E-state index contributed by atoms with van der Waals surface area (Å²) in [4.78, 5) is 26.3. The molecular weight excluding hydrogens is 371 g/mol. The van der Waals surface area contributed by atoms with Gasteiger partial charge < -0.3 is 10.2 Å². The fraction of sp³-hybridized carbons (Fsp3) is 0.227. The fourth-order valence-electron chi connectivity index (χ4n) is 3.11. The number of aryl methyl sites for hydroxylation is 1. The molecule has 3 aromatic rings. The minimum Gasteiger partial charge on any atom is -0.346 e. The Labute approximate surface area is 168 Å². The molecule has 0 unspecified atom stereocenters. The summed E-state index contributed by atoms with van der Waals surface area (Å²) in [6.45, 7) is 2.73. The molecule has 0 atom stereocenters. The zero-order valence-electron chi connectivity index (χ0n) is 16.7. The van der Waals surface area contributed by atoms with Crippen LogP contribution in [0.25, 0.3) is 5.69 Å². The van der Waals surface area contributed by atoms with Crippen molar-refractivity contribution in [2.45, 2.75) is 20.0 Å². The lowest BCUT2D eigenvalue weighted by Crippen LogP contribution is -3.04. The summed E-state index contributed by atoms with van der Waals surface area (Å²) in [7, 11) is 4.10. The summed E-state index contributed by atoms with van der Waals surface area (Å²) in [5, 5.41) is 6.90. The average Bonchev–Trinajstić information content (AvgIpc) is 2.67. The van der Waals surface area contributed by atoms with Crippen LogP contribution in [0.1, 0.15) is 27.3 Å². The molecule has 0 aliphatic carbocycles. The number of carbonyl (C=O) groups is 1. The molecule has 0 fully saturated rings. The molecule has 0 radical (unpaired) electrons. The zero-order chi connectivity index (χ0) is 21.0. The van der Waals surface area contributed by atoms with Gasteiger partial charge in [-0.25, -0.2) is 9.07 Å². The van der Waals surface area contributed by atoms with E-state index in [-0.39, 0.29) is 17.9 Å². The van der Waals surface area contributed by atoms with Crippen LogP contribution in [-0.4, -0.2) is 29.8 Å². The summed E-state index contributed by atoms with van der Waals surface area (Å²) in [5.41, 5.74) is 1.94. The van der Waals surface area contributed by atoms with Gasteiger partial charge in [-0.05, 0) is 24.6 Å². The van der Waals surface area contributed by atoms with Crippen molar-refractivity contribution < 1.29 is 14.1 Å². The van der Waals surface area contributed by atoms with Gasteiger partial charge >= 0.3 is 0 Å². The predicted molar refractivity (Wildman–Crippen MR) is 109 cm³/mol. The molecule has 29 heavy (non-hydrogen) atoms. The van der Waals surface area contributed by atoms with E-state index in [1.807, 2.05) is 24.3 Å². The number of nitrogens with one attached hydrogen (secondary N) is 2. The van der Waals surface area contributed by atoms with Gasteiger partial charge in [0.25, 0.3) is 5.91 Å². The molecule has 1 amide bonds. The summed E-state index contributed by atoms with van der Waals surface area (Å²) in [6, 6.07) is 15.2. The smallest absolute Gasteiger partial charge is 0.276 e. The monoisotopic (exact) mass is 395 g/mol. The number of para-hydroxylation sites is 1. The lowest BCUT2D eigenvalue weighted by atomic mass is 10.1. The van der Waals surface area contributed by atoms with Crippen molar-refractivity contribution in [3.63, 3.8) is 0 Å². The third-order valence-electron chi connectivity index (χ3n) is 4.50. The van der Waals surface area contributed by atoms with E-state index >= 15 is 0 Å². The van der Waals surface area contributed by atoms with Crippen LogP contribution in [-0.2, 0) is 13.1 Å². The minimum absolute atomic E-state index is 0.179. The number of nitrogens with zero attached hydrogens (tertiary/aromatic N) is 2. The van der Waals surface area contributed by atoms with Crippen molar-refractivity contribution in [1.29, 1.82) is 0 Å². The molecule has 1 heterocycles. The van der Waals surface area contributed by atoms with E-state index in [0.29, 0.717) is 5.69 Å². The van der Waals surface area contributed by atoms with Crippen LogP contribution in [0.15, 0.2) is 59.4 Å². The Balaban J connectivity index is 1.86. The van der Waals surface area contributed by atoms with E-state index in [0.717, 1.165) is 17.7 Å². The largest absolute Gasteiger partial charge is 0.346 e. The molecule has 6 nitrogen and oxygen atoms in total. The number of aromatic nitrogens is 2. The van der Waals surface area contributed by atoms with Crippen molar-refractivity contribution in [3.05, 3.63) is 93.2 Å². The molecule has 0 spiro atoms. The number of halogens is 1. The third-order valence-corrected chi connectivity index (χ3v) is 4.50.